The number of guanidine groups is 1. The van der Waals surface area contributed by atoms with Crippen molar-refractivity contribution in [2.45, 2.75) is 87.8 Å². The molecule has 30 nitrogen and oxygen atoms in total. The van der Waals surface area contributed by atoms with Crippen molar-refractivity contribution >= 4 is 82.1 Å². The van der Waals surface area contributed by atoms with Gasteiger partial charge < -0.3 is 68.9 Å². The predicted molar refractivity (Wildman–Crippen MR) is 348 cm³/mol. The molecule has 4 aromatic rings. The molecule has 0 radical (unpaired) electrons. The maximum absolute atomic E-state index is 14.9. The first kappa shape index (κ1) is 73.9. The molecule has 94 heavy (non-hydrogen) atoms. The number of nitrogens with two attached hydrogens (primary N) is 2. The van der Waals surface area contributed by atoms with Crippen LogP contribution in [0.5, 0.6) is 5.75 Å². The lowest BCUT2D eigenvalue weighted by molar-refractivity contribution is -0.141. The number of hydrogen-bond donors (Lipinski definition) is 14. The van der Waals surface area contributed by atoms with Crippen molar-refractivity contribution in [2.75, 3.05) is 117 Å². The van der Waals surface area contributed by atoms with E-state index in [1.807, 2.05) is 47.4 Å². The Morgan fingerprint density at radius 3 is 1.86 bits per heavy atom. The number of amides is 6. The number of aromatic hydroxyl groups is 1. The Kier molecular flexibility index (Phi) is 29.5. The number of rotatable bonds is 29. The zero-order valence-electron chi connectivity index (χ0n) is 52.9. The fourth-order valence-electron chi connectivity index (χ4n) is 11.1. The number of nitrogens with one attached hydrogen (secondary N) is 7. The number of anilines is 1. The van der Waals surface area contributed by atoms with Gasteiger partial charge in [0.05, 0.1) is 32.2 Å². The van der Waals surface area contributed by atoms with Gasteiger partial charge in [0.25, 0.3) is 5.91 Å². The van der Waals surface area contributed by atoms with E-state index in [0.29, 0.717) is 68.7 Å². The number of unbranched alkanes of at least 4 members (excludes halogenated alkanes) is 1. The third-order valence-corrected chi connectivity index (χ3v) is 16.3. The quantitative estimate of drug-likeness (QED) is 0.00967. The summed E-state index contributed by atoms with van der Waals surface area (Å²) in [6.45, 7) is 1.49. The van der Waals surface area contributed by atoms with Gasteiger partial charge in [-0.25, -0.2) is 0 Å². The Hall–Kier alpha value is -9.17. The van der Waals surface area contributed by atoms with Gasteiger partial charge in [-0.3, -0.25) is 82.8 Å². The van der Waals surface area contributed by atoms with Gasteiger partial charge in [-0.05, 0) is 110 Å². The van der Waals surface area contributed by atoms with E-state index < -0.39 is 84.0 Å². The number of aliphatic hydroxyl groups is 1. The van der Waals surface area contributed by atoms with E-state index >= 15 is 0 Å². The molecule has 0 spiro atoms. The third kappa shape index (κ3) is 25.0. The number of phenolic OH excluding ortho intramolecular Hbond substituents is 1. The summed E-state index contributed by atoms with van der Waals surface area (Å²) in [5.41, 5.74) is 11.1. The molecule has 0 aliphatic carbocycles. The minimum absolute atomic E-state index is 0.000388. The number of carboxylic acid groups (broad SMARTS) is 3. The minimum Gasteiger partial charge on any atom is -0.508 e. The number of aldehydes is 1. The number of benzene rings is 4. The lowest BCUT2D eigenvalue weighted by Crippen LogP contribution is -2.68. The average Bonchev–Trinajstić information content (AvgIpc) is 0.810. The van der Waals surface area contributed by atoms with Crippen molar-refractivity contribution in [1.82, 2.24) is 56.4 Å². The number of carbonyl (C=O) groups is 10. The molecule has 510 valence electrons. The second kappa shape index (κ2) is 37.5. The largest absolute Gasteiger partial charge is 0.508 e. The summed E-state index contributed by atoms with van der Waals surface area (Å²) in [5.74, 6) is -7.11. The van der Waals surface area contributed by atoms with Gasteiger partial charge in [0.2, 0.25) is 29.5 Å². The monoisotopic (exact) mass is 1310 g/mol. The Balaban J connectivity index is 1.05. The van der Waals surface area contributed by atoms with Crippen molar-refractivity contribution in [2.24, 2.45) is 16.5 Å². The Bertz CT molecular complexity index is 3210. The highest BCUT2D eigenvalue weighted by Crippen LogP contribution is 2.24. The van der Waals surface area contributed by atoms with Gasteiger partial charge in [-0.15, -0.1) is 0 Å². The lowest BCUT2D eigenvalue weighted by Gasteiger charge is -2.42. The number of carbonyl (C=O) groups excluding carboxylic acids is 7. The Morgan fingerprint density at radius 1 is 0.681 bits per heavy atom. The van der Waals surface area contributed by atoms with Crippen LogP contribution in [0.25, 0.3) is 10.8 Å². The molecular formula is C64H89N15O15. The fraction of sp³-hybridized carbons (Fsp3) is 0.484. The molecule has 5 atom stereocenters. The van der Waals surface area contributed by atoms with Crippen LogP contribution < -0.4 is 48.7 Å². The number of hydrogen-bond acceptors (Lipinski definition) is 19. The van der Waals surface area contributed by atoms with E-state index in [9.17, 15) is 73.5 Å². The Morgan fingerprint density at radius 2 is 1.27 bits per heavy atom. The number of aliphatic hydroxyl groups excluding tert-OH is 1. The van der Waals surface area contributed by atoms with Crippen molar-refractivity contribution in [3.63, 3.8) is 0 Å². The lowest BCUT2D eigenvalue weighted by atomic mass is 9.95. The van der Waals surface area contributed by atoms with E-state index in [4.69, 9.17) is 11.5 Å². The standard InChI is InChI=1S/C64H89N15O15/c1-75-52(62(94)72-50(10-6-25-69-63(65)66)61(93)73-51(35-44-13-16-45-8-2-3-9-47(45)34-44)60(92)70-37-54(83)74-64(75,42-80)36-43-14-21-49(81)22-15-43)11-7-24-68-59(91)46-17-19-48(20-18-46)71-53(82)12-4-5-23-67-55(84)38-76-26-28-77(39-56(85)86)30-32-79(41-58(89)90)33-31-78(29-27-76)40-57(87)88/h2-3,8-9,13-22,34,42,50-52,55,67,81,84H,4-7,10-12,23-33,35-41H2,1H3,(H,68,91)(H,70,92)(H,71,82)(H,72,94)(H,73,93)(H,74,83)(H,85,86)(H,87,88)(H,89,90)(H4,65,66,69)/t50-,51?,52+,55?,64+/m0/s1. The molecule has 30 heteroatoms. The molecule has 0 saturated carbocycles. The maximum Gasteiger partial charge on any atom is 0.317 e. The van der Waals surface area contributed by atoms with E-state index in [2.05, 4.69) is 42.2 Å². The number of aliphatic imine (C=N–C) groups is 1. The van der Waals surface area contributed by atoms with Crippen LogP contribution in [0.1, 0.15) is 66.4 Å². The number of carboxylic acids is 3. The molecule has 6 rings (SSSR count). The van der Waals surface area contributed by atoms with Crippen LogP contribution >= 0.6 is 0 Å². The van der Waals surface area contributed by atoms with Gasteiger partial charge >= 0.3 is 17.9 Å². The zero-order valence-corrected chi connectivity index (χ0v) is 52.9. The number of β-amino-alcohol motifs (C(OH)–C–C–N with tert-alkyl or cyclic N) is 1. The highest BCUT2D eigenvalue weighted by atomic mass is 16.4. The normalized spacial score (nSPS) is 20.1. The first-order chi connectivity index (χ1) is 45.0. The van der Waals surface area contributed by atoms with Crippen LogP contribution in [0.2, 0.25) is 0 Å². The molecule has 0 bridgehead atoms. The molecule has 2 fully saturated rings. The van der Waals surface area contributed by atoms with Crippen LogP contribution in [-0.2, 0) is 56.0 Å². The smallest absolute Gasteiger partial charge is 0.317 e. The third-order valence-electron chi connectivity index (χ3n) is 16.3. The summed E-state index contributed by atoms with van der Waals surface area (Å²) in [4.78, 5) is 145. The van der Waals surface area contributed by atoms with Gasteiger partial charge in [-0.2, -0.15) is 0 Å². The molecule has 0 aromatic heterocycles. The molecule has 2 aliphatic heterocycles. The van der Waals surface area contributed by atoms with Crippen molar-refractivity contribution in [3.05, 3.63) is 108 Å². The molecule has 2 aliphatic rings. The van der Waals surface area contributed by atoms with E-state index in [1.165, 1.54) is 36.2 Å². The van der Waals surface area contributed by atoms with Crippen LogP contribution in [0.4, 0.5) is 5.69 Å². The van der Waals surface area contributed by atoms with Crippen LogP contribution in [0.15, 0.2) is 96.0 Å². The van der Waals surface area contributed by atoms with Gasteiger partial charge in [0, 0.05) is 103 Å². The maximum atomic E-state index is 14.9. The molecule has 2 heterocycles. The first-order valence-electron chi connectivity index (χ1n) is 31.3. The van der Waals surface area contributed by atoms with E-state index in [1.54, 1.807) is 39.0 Å². The van der Waals surface area contributed by atoms with E-state index in [-0.39, 0.29) is 134 Å². The van der Waals surface area contributed by atoms with Crippen molar-refractivity contribution < 1.29 is 73.5 Å². The highest BCUT2D eigenvalue weighted by molar-refractivity contribution is 5.97. The summed E-state index contributed by atoms with van der Waals surface area (Å²) in [6.07, 6.45) is 0.667. The molecule has 16 N–H and O–H groups in total. The summed E-state index contributed by atoms with van der Waals surface area (Å²) < 4.78 is 0. The van der Waals surface area contributed by atoms with Crippen LogP contribution in [0, 0.1) is 0 Å². The number of fused-ring (bicyclic) bond motifs is 1. The number of phenols is 1. The van der Waals surface area contributed by atoms with Crippen LogP contribution in [-0.4, -0.2) is 257 Å². The summed E-state index contributed by atoms with van der Waals surface area (Å²) in [5, 5.41) is 71.2. The first-order valence-corrected chi connectivity index (χ1v) is 31.3. The van der Waals surface area contributed by atoms with Gasteiger partial charge in [-0.1, -0.05) is 54.6 Å². The topological polar surface area (TPSA) is 437 Å². The molecule has 4 aromatic carbocycles. The summed E-state index contributed by atoms with van der Waals surface area (Å²) in [6, 6.07) is 21.5. The highest BCUT2D eigenvalue weighted by Gasteiger charge is 2.43. The summed E-state index contributed by atoms with van der Waals surface area (Å²) >= 11 is 0. The van der Waals surface area contributed by atoms with E-state index in [0.717, 1.165) is 10.8 Å². The second-order valence-corrected chi connectivity index (χ2v) is 23.5. The zero-order chi connectivity index (χ0) is 68.2. The summed E-state index contributed by atoms with van der Waals surface area (Å²) in [7, 11) is 1.46. The molecule has 2 saturated heterocycles. The SMILES string of the molecule is CN1[C@H](CCCNC(=O)c2ccc(NC(=O)CCCCNC(O)CN3CCN(CC(=O)O)CCN(CC(=O)O)CCN(CC(=O)O)CC3)cc2)C(=O)N[C@@H](CCCN=C(N)N)C(=O)NC(Cc2ccc3ccccc3c2)C(=O)NCC(=O)N[C@]1(C=O)Cc1ccc(O)cc1. The number of nitrogens with zero attached hydrogens (tertiary/aromatic N) is 6. The van der Waals surface area contributed by atoms with Gasteiger partial charge in [0.1, 0.15) is 24.1 Å². The number of likely N-dealkylation sites (N-methyl/N-ethyl adjacent to an activating group) is 1. The van der Waals surface area contributed by atoms with Crippen molar-refractivity contribution in [3.8, 4) is 5.75 Å². The number of aliphatic carboxylic acids is 3. The average molecular weight is 1310 g/mol. The molecule has 2 unspecified atom stereocenters. The second-order valence-electron chi connectivity index (χ2n) is 23.5. The minimum atomic E-state index is -1.97. The molecular weight excluding hydrogens is 1220 g/mol. The fourth-order valence-corrected chi connectivity index (χ4v) is 11.1. The Labute approximate surface area is 544 Å². The molecule has 6 amide bonds. The van der Waals surface area contributed by atoms with Crippen LogP contribution in [0.3, 0.4) is 0 Å². The van der Waals surface area contributed by atoms with Gasteiger partial charge in [0.15, 0.2) is 17.9 Å². The predicted octanol–water partition coefficient (Wildman–Crippen LogP) is -1.50. The van der Waals surface area contributed by atoms with Crippen molar-refractivity contribution in [1.29, 1.82) is 0 Å².